The van der Waals surface area contributed by atoms with Gasteiger partial charge in [0.2, 0.25) is 5.91 Å². The van der Waals surface area contributed by atoms with E-state index >= 15 is 0 Å². The molecular formula is C33H43Cl2N5O3. The first-order chi connectivity index (χ1) is 20.7. The number of halogens is 2. The van der Waals surface area contributed by atoms with E-state index < -0.39 is 0 Å². The molecular weight excluding hydrogens is 585 g/mol. The number of urea groups is 1. The Bertz CT molecular complexity index is 1240. The molecule has 3 amide bonds. The molecule has 232 valence electrons. The van der Waals surface area contributed by atoms with Gasteiger partial charge in [-0.05, 0) is 67.3 Å². The van der Waals surface area contributed by atoms with Crippen molar-refractivity contribution in [3.8, 4) is 0 Å². The number of piperazine rings is 1. The van der Waals surface area contributed by atoms with Crippen LogP contribution in [0.15, 0.2) is 89.0 Å². The number of hydrogen-bond donors (Lipinski definition) is 3. The molecule has 1 aliphatic heterocycles. The molecule has 2 aromatic rings. The molecule has 1 unspecified atom stereocenters. The molecule has 2 aromatic carbocycles. The van der Waals surface area contributed by atoms with Gasteiger partial charge in [-0.2, -0.15) is 0 Å². The molecule has 0 bridgehead atoms. The van der Waals surface area contributed by atoms with Crippen molar-refractivity contribution in [1.82, 2.24) is 15.5 Å². The summed E-state index contributed by atoms with van der Waals surface area (Å²) in [5.74, 6) is 0.0169. The van der Waals surface area contributed by atoms with E-state index in [0.717, 1.165) is 29.8 Å². The number of hydrogen-bond acceptors (Lipinski definition) is 5. The SMILES string of the molecule is C=C(Cl)/C=C(\C=C(\Cl)CNC(=O)N1CCN(c2ccc(NC(=O)CCCc3ccccc3)cc2)CC1)C(C)NCCOC. The highest BCUT2D eigenvalue weighted by Gasteiger charge is 2.21. The van der Waals surface area contributed by atoms with E-state index in [0.29, 0.717) is 55.8 Å². The van der Waals surface area contributed by atoms with Crippen molar-refractivity contribution in [3.05, 3.63) is 94.5 Å². The van der Waals surface area contributed by atoms with Crippen LogP contribution in [0.5, 0.6) is 0 Å². The number of nitrogens with one attached hydrogen (secondary N) is 3. The third-order valence-corrected chi connectivity index (χ3v) is 7.46. The van der Waals surface area contributed by atoms with Gasteiger partial charge in [-0.1, -0.05) is 60.1 Å². The van der Waals surface area contributed by atoms with Gasteiger partial charge in [0.25, 0.3) is 0 Å². The lowest BCUT2D eigenvalue weighted by atomic mass is 10.1. The lowest BCUT2D eigenvalue weighted by molar-refractivity contribution is -0.116. The average Bonchev–Trinajstić information content (AvgIpc) is 3.00. The summed E-state index contributed by atoms with van der Waals surface area (Å²) in [6.07, 6.45) is 5.73. The molecule has 0 aliphatic carbocycles. The maximum absolute atomic E-state index is 12.8. The molecule has 1 atom stereocenters. The largest absolute Gasteiger partial charge is 0.383 e. The first-order valence-corrected chi connectivity index (χ1v) is 15.4. The molecule has 0 aromatic heterocycles. The van der Waals surface area contributed by atoms with E-state index in [9.17, 15) is 9.59 Å². The monoisotopic (exact) mass is 627 g/mol. The molecule has 3 N–H and O–H groups in total. The van der Waals surface area contributed by atoms with E-state index in [1.54, 1.807) is 24.2 Å². The number of aryl methyl sites for hydroxylation is 1. The number of methoxy groups -OCH3 is 1. The molecule has 1 saturated heterocycles. The van der Waals surface area contributed by atoms with Crippen molar-refractivity contribution in [2.45, 2.75) is 32.2 Å². The van der Waals surface area contributed by atoms with Gasteiger partial charge in [-0.3, -0.25) is 4.79 Å². The first-order valence-electron chi connectivity index (χ1n) is 14.6. The number of allylic oxidation sites excluding steroid dienone is 2. The normalized spacial score (nSPS) is 14.8. The number of nitrogens with zero attached hydrogens (tertiary/aromatic N) is 2. The highest BCUT2D eigenvalue weighted by atomic mass is 35.5. The van der Waals surface area contributed by atoms with Crippen molar-refractivity contribution >= 4 is 46.5 Å². The zero-order valence-corrected chi connectivity index (χ0v) is 26.6. The first kappa shape index (κ1) is 34.2. The van der Waals surface area contributed by atoms with E-state index in [4.69, 9.17) is 27.9 Å². The second-order valence-electron chi connectivity index (χ2n) is 10.4. The van der Waals surface area contributed by atoms with Crippen LogP contribution in [-0.4, -0.2) is 75.9 Å². The summed E-state index contributed by atoms with van der Waals surface area (Å²) in [5.41, 5.74) is 3.94. The van der Waals surface area contributed by atoms with Crippen LogP contribution in [-0.2, 0) is 16.0 Å². The summed E-state index contributed by atoms with van der Waals surface area (Å²) in [6, 6.07) is 17.9. The Morgan fingerprint density at radius 3 is 2.37 bits per heavy atom. The fourth-order valence-electron chi connectivity index (χ4n) is 4.72. The number of benzene rings is 2. The standard InChI is InChI=1S/C33H43Cl2N5O3/c1-25(34)22-28(26(2)36-16-21-43-3)23-29(35)24-37-33(42)40-19-17-39(18-20-40)31-14-12-30(13-15-31)38-32(41)11-7-10-27-8-5-4-6-9-27/h4-6,8-9,12-15,22-23,26,36H,1,7,10-11,16-21,24H2,2-3H3,(H,37,42)(H,38,41)/b28-22+,29-23+. The zero-order valence-electron chi connectivity index (χ0n) is 25.1. The minimum absolute atomic E-state index is 0.0169. The van der Waals surface area contributed by atoms with Crippen molar-refractivity contribution in [3.63, 3.8) is 0 Å². The topological polar surface area (TPSA) is 85.9 Å². The van der Waals surface area contributed by atoms with E-state index in [1.165, 1.54) is 5.56 Å². The van der Waals surface area contributed by atoms with Gasteiger partial charge in [-0.15, -0.1) is 0 Å². The van der Waals surface area contributed by atoms with Crippen LogP contribution in [0.25, 0.3) is 0 Å². The van der Waals surface area contributed by atoms with Crippen molar-refractivity contribution in [1.29, 1.82) is 0 Å². The Hall–Kier alpha value is -3.30. The van der Waals surface area contributed by atoms with Crippen molar-refractivity contribution in [2.24, 2.45) is 0 Å². The lowest BCUT2D eigenvalue weighted by Crippen LogP contribution is -2.52. The Morgan fingerprint density at radius 2 is 1.72 bits per heavy atom. The van der Waals surface area contributed by atoms with Crippen LogP contribution in [0.3, 0.4) is 0 Å². The molecule has 3 rings (SSSR count). The van der Waals surface area contributed by atoms with Crippen LogP contribution in [0.4, 0.5) is 16.2 Å². The third-order valence-electron chi connectivity index (χ3n) is 7.11. The zero-order chi connectivity index (χ0) is 31.0. The maximum atomic E-state index is 12.8. The summed E-state index contributed by atoms with van der Waals surface area (Å²) < 4.78 is 5.09. The van der Waals surface area contributed by atoms with Gasteiger partial charge in [0.15, 0.2) is 0 Å². The van der Waals surface area contributed by atoms with E-state index in [1.807, 2.05) is 49.4 Å². The third kappa shape index (κ3) is 12.5. The minimum atomic E-state index is -0.157. The molecule has 1 aliphatic rings. The number of rotatable bonds is 15. The predicted octanol–water partition coefficient (Wildman–Crippen LogP) is 5.91. The second kappa shape index (κ2) is 18.4. The van der Waals surface area contributed by atoms with Crippen LogP contribution in [0.2, 0.25) is 0 Å². The van der Waals surface area contributed by atoms with Crippen LogP contribution in [0, 0.1) is 0 Å². The minimum Gasteiger partial charge on any atom is -0.383 e. The quantitative estimate of drug-likeness (QED) is 0.169. The van der Waals surface area contributed by atoms with Crippen LogP contribution in [0.1, 0.15) is 25.3 Å². The summed E-state index contributed by atoms with van der Waals surface area (Å²) in [5, 5.41) is 10.1. The highest BCUT2D eigenvalue weighted by molar-refractivity contribution is 6.31. The molecule has 10 heteroatoms. The highest BCUT2D eigenvalue weighted by Crippen LogP contribution is 2.20. The van der Waals surface area contributed by atoms with E-state index in [2.05, 4.69) is 39.6 Å². The fourth-order valence-corrected chi connectivity index (χ4v) is 5.03. The van der Waals surface area contributed by atoms with Crippen molar-refractivity contribution < 1.29 is 14.3 Å². The maximum Gasteiger partial charge on any atom is 0.317 e. The Morgan fingerprint density at radius 1 is 1.02 bits per heavy atom. The van der Waals surface area contributed by atoms with Crippen LogP contribution < -0.4 is 20.9 Å². The second-order valence-corrected chi connectivity index (χ2v) is 11.4. The van der Waals surface area contributed by atoms with Crippen molar-refractivity contribution in [2.75, 3.05) is 63.2 Å². The number of amides is 3. The molecule has 0 spiro atoms. The van der Waals surface area contributed by atoms with Gasteiger partial charge in [0, 0.05) is 73.7 Å². The molecule has 8 nitrogen and oxygen atoms in total. The number of ether oxygens (including phenoxy) is 1. The van der Waals surface area contributed by atoms with Gasteiger partial charge in [-0.25, -0.2) is 4.79 Å². The Balaban J connectivity index is 1.41. The summed E-state index contributed by atoms with van der Waals surface area (Å²) in [6.45, 7) is 9.79. The predicted molar refractivity (Wildman–Crippen MR) is 178 cm³/mol. The van der Waals surface area contributed by atoms with Gasteiger partial charge in [0.1, 0.15) is 0 Å². The molecule has 0 radical (unpaired) electrons. The number of carbonyl (C=O) groups is 2. The fraction of sp³-hybridized carbons (Fsp3) is 0.394. The van der Waals surface area contributed by atoms with Gasteiger partial charge >= 0.3 is 6.03 Å². The molecule has 43 heavy (non-hydrogen) atoms. The summed E-state index contributed by atoms with van der Waals surface area (Å²) >= 11 is 12.5. The number of anilines is 2. The summed E-state index contributed by atoms with van der Waals surface area (Å²) in [7, 11) is 1.65. The number of carbonyl (C=O) groups excluding carboxylic acids is 2. The van der Waals surface area contributed by atoms with E-state index in [-0.39, 0.29) is 24.5 Å². The Kier molecular flexibility index (Phi) is 14.6. The Labute approximate surface area is 265 Å². The molecule has 0 saturated carbocycles. The molecule has 1 heterocycles. The van der Waals surface area contributed by atoms with Crippen LogP contribution >= 0.6 is 23.2 Å². The summed E-state index contributed by atoms with van der Waals surface area (Å²) in [4.78, 5) is 29.2. The lowest BCUT2D eigenvalue weighted by Gasteiger charge is -2.36. The smallest absolute Gasteiger partial charge is 0.317 e. The van der Waals surface area contributed by atoms with Gasteiger partial charge < -0.3 is 30.5 Å². The molecule has 1 fully saturated rings. The van der Waals surface area contributed by atoms with Gasteiger partial charge in [0.05, 0.1) is 13.2 Å². The average molecular weight is 629 g/mol.